The fraction of sp³-hybridized carbons (Fsp3) is 0.545. The summed E-state index contributed by atoms with van der Waals surface area (Å²) in [6.45, 7) is 0.292. The van der Waals surface area contributed by atoms with Crippen molar-refractivity contribution < 1.29 is 14.6 Å². The van der Waals surface area contributed by atoms with E-state index in [4.69, 9.17) is 15.2 Å². The molecule has 1 saturated heterocycles. The van der Waals surface area contributed by atoms with Gasteiger partial charge in [0.2, 0.25) is 5.95 Å². The standard InChI is InChI=1S/C11H15N5O4/c1-19-3-6-5(17)2-7(20-6)16-4-13-8-9(16)14-11(12)15-10(8)18/h4-7,17H,2-3H2,1H3,(H3,12,14,15,18)/t5?,6-,7-/m0/s1. The van der Waals surface area contributed by atoms with Gasteiger partial charge in [-0.15, -0.1) is 0 Å². The molecular formula is C11H15N5O4. The number of ether oxygens (including phenoxy) is 2. The van der Waals surface area contributed by atoms with Gasteiger partial charge < -0.3 is 20.3 Å². The number of aliphatic hydroxyl groups is 1. The van der Waals surface area contributed by atoms with Crippen molar-refractivity contribution >= 4 is 17.1 Å². The van der Waals surface area contributed by atoms with Gasteiger partial charge in [-0.3, -0.25) is 14.3 Å². The average molecular weight is 281 g/mol. The molecule has 0 saturated carbocycles. The zero-order valence-corrected chi connectivity index (χ0v) is 10.8. The summed E-state index contributed by atoms with van der Waals surface area (Å²) >= 11 is 0. The Kier molecular flexibility index (Phi) is 3.16. The van der Waals surface area contributed by atoms with Gasteiger partial charge in [-0.2, -0.15) is 4.98 Å². The third kappa shape index (κ3) is 2.05. The molecule has 0 amide bonds. The molecule has 0 aromatic carbocycles. The minimum Gasteiger partial charge on any atom is -0.390 e. The van der Waals surface area contributed by atoms with Crippen LogP contribution in [-0.4, -0.2) is 50.6 Å². The molecule has 1 aliphatic heterocycles. The molecule has 0 spiro atoms. The Morgan fingerprint density at radius 1 is 1.70 bits per heavy atom. The largest absolute Gasteiger partial charge is 0.390 e. The lowest BCUT2D eigenvalue weighted by atomic mass is 10.2. The van der Waals surface area contributed by atoms with Crippen molar-refractivity contribution in [2.75, 3.05) is 19.5 Å². The second-order valence-electron chi connectivity index (χ2n) is 4.66. The molecule has 9 nitrogen and oxygen atoms in total. The van der Waals surface area contributed by atoms with Gasteiger partial charge in [-0.1, -0.05) is 0 Å². The summed E-state index contributed by atoms with van der Waals surface area (Å²) in [6, 6.07) is 0. The Morgan fingerprint density at radius 3 is 3.25 bits per heavy atom. The van der Waals surface area contributed by atoms with Crippen LogP contribution >= 0.6 is 0 Å². The number of hydrogen-bond acceptors (Lipinski definition) is 7. The molecule has 1 aliphatic rings. The van der Waals surface area contributed by atoms with Crippen LogP contribution in [0.1, 0.15) is 12.6 Å². The molecule has 3 atom stereocenters. The molecular weight excluding hydrogens is 266 g/mol. The SMILES string of the molecule is COC[C@@H]1O[C@H](n2cnc3c(=O)[nH]c(N)nc32)CC1O. The maximum atomic E-state index is 11.7. The average Bonchev–Trinajstić information content (AvgIpc) is 2.94. The summed E-state index contributed by atoms with van der Waals surface area (Å²) in [5.41, 5.74) is 5.65. The number of nitrogens with two attached hydrogens (primary N) is 1. The first-order valence-electron chi connectivity index (χ1n) is 6.15. The normalized spacial score (nSPS) is 26.4. The van der Waals surface area contributed by atoms with Crippen LogP contribution in [0.5, 0.6) is 0 Å². The number of H-pyrrole nitrogens is 1. The molecule has 108 valence electrons. The van der Waals surface area contributed by atoms with E-state index >= 15 is 0 Å². The van der Waals surface area contributed by atoms with E-state index < -0.39 is 24.0 Å². The molecule has 0 aliphatic carbocycles. The van der Waals surface area contributed by atoms with Crippen LogP contribution in [0.15, 0.2) is 11.1 Å². The summed E-state index contributed by atoms with van der Waals surface area (Å²) < 4.78 is 12.3. The van der Waals surface area contributed by atoms with Gasteiger partial charge in [-0.25, -0.2) is 4.98 Å². The van der Waals surface area contributed by atoms with Crippen LogP contribution in [0.2, 0.25) is 0 Å². The van der Waals surface area contributed by atoms with Crippen LogP contribution in [0.25, 0.3) is 11.2 Å². The van der Waals surface area contributed by atoms with E-state index in [-0.39, 0.29) is 11.5 Å². The smallest absolute Gasteiger partial charge is 0.280 e. The van der Waals surface area contributed by atoms with Crippen LogP contribution in [0.3, 0.4) is 0 Å². The Bertz CT molecular complexity index is 681. The van der Waals surface area contributed by atoms with Crippen LogP contribution in [0.4, 0.5) is 5.95 Å². The molecule has 2 aromatic rings. The summed E-state index contributed by atoms with van der Waals surface area (Å²) in [4.78, 5) is 22.2. The number of imidazole rings is 1. The quantitative estimate of drug-likeness (QED) is 0.658. The van der Waals surface area contributed by atoms with Gasteiger partial charge in [0.15, 0.2) is 11.2 Å². The number of aromatic nitrogens is 4. The van der Waals surface area contributed by atoms with Crippen molar-refractivity contribution in [1.82, 2.24) is 19.5 Å². The maximum absolute atomic E-state index is 11.7. The fourth-order valence-corrected chi connectivity index (χ4v) is 2.35. The van der Waals surface area contributed by atoms with Crippen molar-refractivity contribution in [2.45, 2.75) is 24.9 Å². The Hall–Kier alpha value is -1.97. The third-order valence-corrected chi connectivity index (χ3v) is 3.30. The second kappa shape index (κ2) is 4.85. The first kappa shape index (κ1) is 13.0. The summed E-state index contributed by atoms with van der Waals surface area (Å²) in [5, 5.41) is 9.92. The summed E-state index contributed by atoms with van der Waals surface area (Å²) in [7, 11) is 1.54. The van der Waals surface area contributed by atoms with E-state index in [1.54, 1.807) is 4.57 Å². The third-order valence-electron chi connectivity index (χ3n) is 3.30. The topological polar surface area (TPSA) is 128 Å². The number of fused-ring (bicyclic) bond motifs is 1. The van der Waals surface area contributed by atoms with Crippen molar-refractivity contribution in [3.05, 3.63) is 16.7 Å². The lowest BCUT2D eigenvalue weighted by Gasteiger charge is -2.14. The van der Waals surface area contributed by atoms with E-state index in [0.29, 0.717) is 18.7 Å². The van der Waals surface area contributed by atoms with E-state index in [0.717, 1.165) is 0 Å². The molecule has 0 radical (unpaired) electrons. The minimum absolute atomic E-state index is 0.0104. The lowest BCUT2D eigenvalue weighted by molar-refractivity contribution is -0.0523. The number of nitrogens with zero attached hydrogens (tertiary/aromatic N) is 3. The Morgan fingerprint density at radius 2 is 2.50 bits per heavy atom. The van der Waals surface area contributed by atoms with Crippen LogP contribution in [0, 0.1) is 0 Å². The van der Waals surface area contributed by atoms with Crippen molar-refractivity contribution in [1.29, 1.82) is 0 Å². The van der Waals surface area contributed by atoms with E-state index in [1.807, 2.05) is 0 Å². The number of aromatic amines is 1. The molecule has 0 bridgehead atoms. The number of anilines is 1. The first-order valence-corrected chi connectivity index (χ1v) is 6.15. The van der Waals surface area contributed by atoms with E-state index in [1.165, 1.54) is 13.4 Å². The number of methoxy groups -OCH3 is 1. The summed E-state index contributed by atoms with van der Waals surface area (Å²) in [5.74, 6) is 0.0104. The molecule has 4 N–H and O–H groups in total. The zero-order chi connectivity index (χ0) is 14.3. The monoisotopic (exact) mass is 281 g/mol. The number of nitrogen functional groups attached to an aromatic ring is 1. The highest BCUT2D eigenvalue weighted by Gasteiger charge is 2.35. The second-order valence-corrected chi connectivity index (χ2v) is 4.66. The highest BCUT2D eigenvalue weighted by Crippen LogP contribution is 2.30. The molecule has 2 aromatic heterocycles. The van der Waals surface area contributed by atoms with Gasteiger partial charge in [0.1, 0.15) is 12.3 Å². The molecule has 3 heterocycles. The van der Waals surface area contributed by atoms with Crippen LogP contribution < -0.4 is 11.3 Å². The maximum Gasteiger partial charge on any atom is 0.280 e. The number of rotatable bonds is 3. The number of nitrogens with one attached hydrogen (secondary N) is 1. The summed E-state index contributed by atoms with van der Waals surface area (Å²) in [6.07, 6.45) is 0.314. The lowest BCUT2D eigenvalue weighted by Crippen LogP contribution is -2.25. The van der Waals surface area contributed by atoms with Crippen molar-refractivity contribution in [3.8, 4) is 0 Å². The predicted molar refractivity (Wildman–Crippen MR) is 69.0 cm³/mol. The van der Waals surface area contributed by atoms with E-state index in [2.05, 4.69) is 15.0 Å². The van der Waals surface area contributed by atoms with Crippen molar-refractivity contribution in [2.24, 2.45) is 0 Å². The molecule has 9 heteroatoms. The Balaban J connectivity index is 1.98. The van der Waals surface area contributed by atoms with Gasteiger partial charge >= 0.3 is 0 Å². The highest BCUT2D eigenvalue weighted by molar-refractivity contribution is 5.70. The highest BCUT2D eigenvalue weighted by atomic mass is 16.6. The molecule has 20 heavy (non-hydrogen) atoms. The Labute approximate surface area is 113 Å². The minimum atomic E-state index is -0.642. The van der Waals surface area contributed by atoms with Gasteiger partial charge in [0.25, 0.3) is 5.56 Å². The first-order chi connectivity index (χ1) is 9.60. The molecule has 1 fully saturated rings. The van der Waals surface area contributed by atoms with Gasteiger partial charge in [-0.05, 0) is 0 Å². The number of hydrogen-bond donors (Lipinski definition) is 3. The predicted octanol–water partition coefficient (Wildman–Crippen LogP) is -1.00. The number of aliphatic hydroxyl groups excluding tert-OH is 1. The van der Waals surface area contributed by atoms with Gasteiger partial charge in [0.05, 0.1) is 19.0 Å². The van der Waals surface area contributed by atoms with Crippen LogP contribution in [-0.2, 0) is 9.47 Å². The molecule has 1 unspecified atom stereocenters. The fourth-order valence-electron chi connectivity index (χ4n) is 2.35. The van der Waals surface area contributed by atoms with Crippen molar-refractivity contribution in [3.63, 3.8) is 0 Å². The van der Waals surface area contributed by atoms with Gasteiger partial charge in [0, 0.05) is 13.5 Å². The zero-order valence-electron chi connectivity index (χ0n) is 10.8. The van der Waals surface area contributed by atoms with E-state index in [9.17, 15) is 9.90 Å². The molecule has 3 rings (SSSR count).